The van der Waals surface area contributed by atoms with Crippen molar-refractivity contribution >= 4 is 44.1 Å². The fourth-order valence-electron chi connectivity index (χ4n) is 8.86. The smallest absolute Gasteiger partial charge is 0.144 e. The van der Waals surface area contributed by atoms with Crippen molar-refractivity contribution in [3.8, 4) is 22.3 Å². The van der Waals surface area contributed by atoms with Crippen LogP contribution in [-0.2, 0) is 5.41 Å². The summed E-state index contributed by atoms with van der Waals surface area (Å²) in [5.41, 5.74) is 14.0. The molecule has 2 heteroatoms. The molecule has 0 bridgehead atoms. The van der Waals surface area contributed by atoms with E-state index in [0.717, 1.165) is 23.3 Å². The molecule has 0 N–H and O–H groups in total. The van der Waals surface area contributed by atoms with Crippen LogP contribution in [0.2, 0.25) is 0 Å². The summed E-state index contributed by atoms with van der Waals surface area (Å²) in [4.78, 5) is 2.48. The van der Waals surface area contributed by atoms with Gasteiger partial charge in [-0.05, 0) is 80.9 Å². The molecule has 244 valence electrons. The molecule has 2 aliphatic rings. The summed E-state index contributed by atoms with van der Waals surface area (Å²) in [7, 11) is 0. The highest BCUT2D eigenvalue weighted by molar-refractivity contribution is 6.25. The first-order valence-corrected chi connectivity index (χ1v) is 18.0. The second-order valence-electron chi connectivity index (χ2n) is 14.4. The van der Waals surface area contributed by atoms with E-state index in [2.05, 4.69) is 189 Å². The van der Waals surface area contributed by atoms with E-state index >= 15 is 0 Å². The standard InChI is InChI=1S/C49H37NO/c1-49(2)46-41(45-47(49)39-19-10-9-18-38(39)44-40-20-11-12-23-43(40)51-48(44)45)21-13-22-42(46)50(36-28-24-34(25-29-36)32-14-5-3-6-15-32)37-30-26-35(27-31-37)33-16-7-4-8-17-33/h3-26,28-31,35H,27H2,1-2H3. The van der Waals surface area contributed by atoms with Crippen molar-refractivity contribution in [3.63, 3.8) is 0 Å². The minimum absolute atomic E-state index is 0.304. The number of rotatable bonds is 5. The number of hydrogen-bond acceptors (Lipinski definition) is 2. The Kier molecular flexibility index (Phi) is 6.69. The van der Waals surface area contributed by atoms with E-state index in [1.54, 1.807) is 0 Å². The van der Waals surface area contributed by atoms with Crippen molar-refractivity contribution in [3.05, 3.63) is 192 Å². The van der Waals surface area contributed by atoms with Gasteiger partial charge in [-0.3, -0.25) is 0 Å². The van der Waals surface area contributed by atoms with Gasteiger partial charge in [0.15, 0.2) is 0 Å². The van der Waals surface area contributed by atoms with Gasteiger partial charge in [0.2, 0.25) is 0 Å². The van der Waals surface area contributed by atoms with E-state index in [0.29, 0.717) is 5.92 Å². The van der Waals surface area contributed by atoms with Crippen LogP contribution >= 0.6 is 0 Å². The Morgan fingerprint density at radius 3 is 2.02 bits per heavy atom. The lowest BCUT2D eigenvalue weighted by molar-refractivity contribution is 0.657. The summed E-state index contributed by atoms with van der Waals surface area (Å²) in [6.45, 7) is 4.80. The van der Waals surface area contributed by atoms with Crippen LogP contribution in [0.3, 0.4) is 0 Å². The first kappa shape index (κ1) is 29.8. The zero-order valence-electron chi connectivity index (χ0n) is 28.8. The van der Waals surface area contributed by atoms with Crippen LogP contribution in [0.4, 0.5) is 11.4 Å². The van der Waals surface area contributed by atoms with Crippen LogP contribution in [0.5, 0.6) is 0 Å². The fraction of sp³-hybridized carbons (Fsp3) is 0.102. The number of hydrogen-bond donors (Lipinski definition) is 0. The maximum atomic E-state index is 6.83. The molecule has 0 fully saturated rings. The summed E-state index contributed by atoms with van der Waals surface area (Å²) < 4.78 is 6.83. The number of nitrogens with zero attached hydrogens (tertiary/aromatic N) is 1. The summed E-state index contributed by atoms with van der Waals surface area (Å²) in [6, 6.07) is 54.8. The van der Waals surface area contributed by atoms with Crippen LogP contribution < -0.4 is 4.90 Å². The highest BCUT2D eigenvalue weighted by Crippen LogP contribution is 2.59. The molecule has 0 radical (unpaired) electrons. The summed E-state index contributed by atoms with van der Waals surface area (Å²) in [6.07, 6.45) is 8.07. The fourth-order valence-corrected chi connectivity index (χ4v) is 8.86. The molecule has 1 aromatic heterocycles. The Bertz CT molecular complexity index is 2680. The molecule has 10 rings (SSSR count). The van der Waals surface area contributed by atoms with E-state index in [-0.39, 0.29) is 5.41 Å². The molecule has 1 atom stereocenters. The average Bonchev–Trinajstić information content (AvgIpc) is 3.69. The largest absolute Gasteiger partial charge is 0.455 e. The molecule has 0 spiro atoms. The summed E-state index contributed by atoms with van der Waals surface area (Å²) >= 11 is 0. The van der Waals surface area contributed by atoms with Crippen LogP contribution in [0.25, 0.3) is 55.0 Å². The molecular weight excluding hydrogens is 619 g/mol. The SMILES string of the molecule is CC1(C)c2c(cccc2N(C2=CCC(c3ccccc3)C=C2)c2ccc(-c3ccccc3)cc2)-c2c1c1ccccc1c1c2oc2ccccc21. The van der Waals surface area contributed by atoms with Crippen molar-refractivity contribution < 1.29 is 4.42 Å². The molecule has 51 heavy (non-hydrogen) atoms. The zero-order valence-corrected chi connectivity index (χ0v) is 28.8. The highest BCUT2D eigenvalue weighted by atomic mass is 16.3. The zero-order chi connectivity index (χ0) is 34.1. The van der Waals surface area contributed by atoms with Crippen LogP contribution in [0, 0.1) is 0 Å². The van der Waals surface area contributed by atoms with Gasteiger partial charge in [-0.2, -0.15) is 0 Å². The molecular formula is C49H37NO. The normalized spacial score (nSPS) is 16.0. The van der Waals surface area contributed by atoms with Gasteiger partial charge in [0.25, 0.3) is 0 Å². The third-order valence-corrected chi connectivity index (χ3v) is 11.1. The van der Waals surface area contributed by atoms with Gasteiger partial charge >= 0.3 is 0 Å². The lowest BCUT2D eigenvalue weighted by Crippen LogP contribution is -2.23. The van der Waals surface area contributed by atoms with Gasteiger partial charge in [0.05, 0.1) is 5.69 Å². The van der Waals surface area contributed by atoms with Crippen molar-refractivity contribution in [1.82, 2.24) is 0 Å². The van der Waals surface area contributed by atoms with Crippen molar-refractivity contribution in [2.75, 3.05) is 4.90 Å². The number of anilines is 2. The maximum absolute atomic E-state index is 6.83. The van der Waals surface area contributed by atoms with Crippen molar-refractivity contribution in [2.24, 2.45) is 0 Å². The average molecular weight is 656 g/mol. The van der Waals surface area contributed by atoms with Gasteiger partial charge in [0, 0.05) is 39.1 Å². The second kappa shape index (κ2) is 11.5. The summed E-state index contributed by atoms with van der Waals surface area (Å²) in [5.74, 6) is 0.354. The molecule has 1 heterocycles. The lowest BCUT2D eigenvalue weighted by Gasteiger charge is -2.34. The van der Waals surface area contributed by atoms with E-state index in [1.165, 1.54) is 71.9 Å². The van der Waals surface area contributed by atoms with Gasteiger partial charge < -0.3 is 9.32 Å². The third kappa shape index (κ3) is 4.56. The Morgan fingerprint density at radius 2 is 1.27 bits per heavy atom. The number of furan rings is 1. The van der Waals surface area contributed by atoms with Gasteiger partial charge in [-0.25, -0.2) is 0 Å². The number of para-hydroxylation sites is 1. The molecule has 7 aromatic carbocycles. The topological polar surface area (TPSA) is 16.4 Å². The highest BCUT2D eigenvalue weighted by Gasteiger charge is 2.42. The van der Waals surface area contributed by atoms with Crippen LogP contribution in [0.1, 0.15) is 42.9 Å². The molecule has 1 unspecified atom stereocenters. The monoisotopic (exact) mass is 655 g/mol. The minimum Gasteiger partial charge on any atom is -0.455 e. The lowest BCUT2D eigenvalue weighted by atomic mass is 9.78. The molecule has 2 aliphatic carbocycles. The van der Waals surface area contributed by atoms with Gasteiger partial charge in [-0.1, -0.05) is 153 Å². The van der Waals surface area contributed by atoms with Crippen LogP contribution in [-0.4, -0.2) is 0 Å². The van der Waals surface area contributed by atoms with Gasteiger partial charge in [0.1, 0.15) is 11.2 Å². The van der Waals surface area contributed by atoms with E-state index < -0.39 is 0 Å². The summed E-state index contributed by atoms with van der Waals surface area (Å²) in [5, 5.41) is 4.91. The van der Waals surface area contributed by atoms with E-state index in [1.807, 2.05) is 0 Å². The minimum atomic E-state index is -0.304. The molecule has 0 amide bonds. The Balaban J connectivity index is 1.19. The number of allylic oxidation sites excluding steroid dienone is 3. The number of fused-ring (bicyclic) bond motifs is 10. The van der Waals surface area contributed by atoms with E-state index in [4.69, 9.17) is 4.42 Å². The molecule has 2 nitrogen and oxygen atoms in total. The Labute approximate surface area is 298 Å². The molecule has 0 saturated carbocycles. The van der Waals surface area contributed by atoms with Crippen molar-refractivity contribution in [1.29, 1.82) is 0 Å². The third-order valence-electron chi connectivity index (χ3n) is 11.1. The van der Waals surface area contributed by atoms with Crippen LogP contribution in [0.15, 0.2) is 180 Å². The van der Waals surface area contributed by atoms with Gasteiger partial charge in [-0.15, -0.1) is 0 Å². The predicted octanol–water partition coefficient (Wildman–Crippen LogP) is 13.5. The Hall–Kier alpha value is -6.12. The van der Waals surface area contributed by atoms with E-state index in [9.17, 15) is 0 Å². The number of benzene rings is 7. The first-order chi connectivity index (χ1) is 25.1. The molecule has 8 aromatic rings. The quantitative estimate of drug-likeness (QED) is 0.183. The predicted molar refractivity (Wildman–Crippen MR) is 214 cm³/mol. The maximum Gasteiger partial charge on any atom is 0.144 e. The molecule has 0 aliphatic heterocycles. The second-order valence-corrected chi connectivity index (χ2v) is 14.4. The first-order valence-electron chi connectivity index (χ1n) is 18.0. The van der Waals surface area contributed by atoms with Crippen molar-refractivity contribution in [2.45, 2.75) is 31.6 Å². The molecule has 0 saturated heterocycles. The Morgan fingerprint density at radius 1 is 0.608 bits per heavy atom.